The number of nitrogens with zero attached hydrogens (tertiary/aromatic N) is 3. The van der Waals surface area contributed by atoms with E-state index in [1.165, 1.54) is 0 Å². The third kappa shape index (κ3) is 3.24. The van der Waals surface area contributed by atoms with Gasteiger partial charge in [-0.3, -0.25) is 4.79 Å². The minimum atomic E-state index is -0.167. The molecule has 6 heteroatoms. The molecule has 6 nitrogen and oxygen atoms in total. The van der Waals surface area contributed by atoms with Gasteiger partial charge in [-0.2, -0.15) is 5.10 Å². The fourth-order valence-electron chi connectivity index (χ4n) is 3.21. The van der Waals surface area contributed by atoms with Crippen molar-refractivity contribution >= 4 is 16.9 Å². The summed E-state index contributed by atoms with van der Waals surface area (Å²) in [6.07, 6.45) is 3.70. The normalized spacial score (nSPS) is 11.0. The van der Waals surface area contributed by atoms with Gasteiger partial charge in [-0.25, -0.2) is 4.68 Å². The second-order valence-corrected chi connectivity index (χ2v) is 6.71. The SMILES string of the molecule is COc1ccc2oc(C(=O)N(C)Cc3cnn(-c4ccccc4)c3)c(C)c2c1. The number of aromatic nitrogens is 2. The van der Waals surface area contributed by atoms with Crippen molar-refractivity contribution in [1.82, 2.24) is 14.7 Å². The fourth-order valence-corrected chi connectivity index (χ4v) is 3.21. The van der Waals surface area contributed by atoms with Gasteiger partial charge in [0.2, 0.25) is 0 Å². The van der Waals surface area contributed by atoms with Crippen molar-refractivity contribution < 1.29 is 13.9 Å². The molecule has 0 saturated carbocycles. The van der Waals surface area contributed by atoms with E-state index in [-0.39, 0.29) is 5.91 Å². The molecule has 2 aromatic carbocycles. The van der Waals surface area contributed by atoms with E-state index < -0.39 is 0 Å². The second kappa shape index (κ2) is 7.23. The number of carbonyl (C=O) groups excluding carboxylic acids is 1. The van der Waals surface area contributed by atoms with E-state index in [1.807, 2.05) is 61.7 Å². The fraction of sp³-hybridized carbons (Fsp3) is 0.182. The lowest BCUT2D eigenvalue weighted by Crippen LogP contribution is -2.26. The molecule has 0 unspecified atom stereocenters. The first kappa shape index (κ1) is 17.9. The van der Waals surface area contributed by atoms with Crippen LogP contribution < -0.4 is 4.74 Å². The van der Waals surface area contributed by atoms with Gasteiger partial charge in [0.15, 0.2) is 5.76 Å². The van der Waals surface area contributed by atoms with Crippen molar-refractivity contribution in [2.75, 3.05) is 14.2 Å². The summed E-state index contributed by atoms with van der Waals surface area (Å²) in [5, 5.41) is 5.27. The molecule has 0 aliphatic rings. The number of furan rings is 1. The largest absolute Gasteiger partial charge is 0.497 e. The van der Waals surface area contributed by atoms with Crippen LogP contribution in [0.3, 0.4) is 0 Å². The highest BCUT2D eigenvalue weighted by atomic mass is 16.5. The quantitative estimate of drug-likeness (QED) is 0.524. The number of hydrogen-bond donors (Lipinski definition) is 0. The number of ether oxygens (including phenoxy) is 1. The lowest BCUT2D eigenvalue weighted by Gasteiger charge is -2.15. The summed E-state index contributed by atoms with van der Waals surface area (Å²) in [5.41, 5.74) is 3.40. The summed E-state index contributed by atoms with van der Waals surface area (Å²) in [4.78, 5) is 14.6. The maximum Gasteiger partial charge on any atom is 0.289 e. The van der Waals surface area contributed by atoms with Crippen molar-refractivity contribution in [2.24, 2.45) is 0 Å². The van der Waals surface area contributed by atoms with Gasteiger partial charge in [0.25, 0.3) is 5.91 Å². The Morgan fingerprint density at radius 3 is 2.75 bits per heavy atom. The molecule has 28 heavy (non-hydrogen) atoms. The van der Waals surface area contributed by atoms with Gasteiger partial charge in [0.05, 0.1) is 19.0 Å². The first-order chi connectivity index (χ1) is 13.6. The van der Waals surface area contributed by atoms with Crippen molar-refractivity contribution in [3.63, 3.8) is 0 Å². The van der Waals surface area contributed by atoms with E-state index in [4.69, 9.17) is 9.15 Å². The maximum absolute atomic E-state index is 12.9. The molecule has 0 spiro atoms. The highest BCUT2D eigenvalue weighted by Crippen LogP contribution is 2.29. The van der Waals surface area contributed by atoms with Crippen LogP contribution in [0.25, 0.3) is 16.7 Å². The minimum absolute atomic E-state index is 0.167. The lowest BCUT2D eigenvalue weighted by molar-refractivity contribution is 0.0755. The average Bonchev–Trinajstić information content (AvgIpc) is 3.32. The molecule has 0 radical (unpaired) electrons. The Kier molecular flexibility index (Phi) is 4.61. The van der Waals surface area contributed by atoms with Crippen LogP contribution in [0.4, 0.5) is 0 Å². The van der Waals surface area contributed by atoms with E-state index in [1.54, 1.807) is 29.9 Å². The van der Waals surface area contributed by atoms with Crippen LogP contribution in [0.2, 0.25) is 0 Å². The summed E-state index contributed by atoms with van der Waals surface area (Å²) in [6.45, 7) is 2.32. The highest BCUT2D eigenvalue weighted by molar-refractivity contribution is 5.99. The Labute approximate surface area is 162 Å². The van der Waals surface area contributed by atoms with Crippen molar-refractivity contribution in [2.45, 2.75) is 13.5 Å². The molecule has 0 N–H and O–H groups in total. The monoisotopic (exact) mass is 375 g/mol. The third-order valence-electron chi connectivity index (χ3n) is 4.76. The zero-order valence-electron chi connectivity index (χ0n) is 16.0. The van der Waals surface area contributed by atoms with Gasteiger partial charge in [-0.05, 0) is 37.3 Å². The van der Waals surface area contributed by atoms with Gasteiger partial charge in [-0.1, -0.05) is 18.2 Å². The lowest BCUT2D eigenvalue weighted by atomic mass is 10.1. The Hall–Kier alpha value is -3.54. The number of hydrogen-bond acceptors (Lipinski definition) is 4. The van der Waals surface area contributed by atoms with Crippen LogP contribution in [0.15, 0.2) is 65.3 Å². The standard InChI is InChI=1S/C22H21N3O3/c1-15-19-11-18(27-3)9-10-20(19)28-21(15)22(26)24(2)13-16-12-23-25(14-16)17-7-5-4-6-8-17/h4-12,14H,13H2,1-3H3. The smallest absolute Gasteiger partial charge is 0.289 e. The number of para-hydroxylation sites is 1. The van der Waals surface area contributed by atoms with E-state index in [9.17, 15) is 4.79 Å². The van der Waals surface area contributed by atoms with Crippen LogP contribution >= 0.6 is 0 Å². The van der Waals surface area contributed by atoms with Crippen molar-refractivity contribution in [3.05, 3.63) is 77.8 Å². The molecule has 0 aliphatic carbocycles. The Balaban J connectivity index is 1.55. The predicted octanol–water partition coefficient (Wildman–Crippen LogP) is 4.21. The summed E-state index contributed by atoms with van der Waals surface area (Å²) in [7, 11) is 3.38. The molecule has 4 aromatic rings. The van der Waals surface area contributed by atoms with Crippen LogP contribution in [0, 0.1) is 6.92 Å². The number of fused-ring (bicyclic) bond motifs is 1. The first-order valence-electron chi connectivity index (χ1n) is 8.98. The number of rotatable bonds is 5. The molecule has 142 valence electrons. The van der Waals surface area contributed by atoms with E-state index in [0.29, 0.717) is 17.9 Å². The second-order valence-electron chi connectivity index (χ2n) is 6.71. The van der Waals surface area contributed by atoms with Crippen molar-refractivity contribution in [1.29, 1.82) is 0 Å². The number of benzene rings is 2. The van der Waals surface area contributed by atoms with E-state index in [2.05, 4.69) is 5.10 Å². The molecule has 0 atom stereocenters. The summed E-state index contributed by atoms with van der Waals surface area (Å²) in [6, 6.07) is 15.4. The van der Waals surface area contributed by atoms with Crippen LogP contribution in [-0.4, -0.2) is 34.7 Å². The zero-order valence-corrected chi connectivity index (χ0v) is 16.0. The average molecular weight is 375 g/mol. The molecule has 0 saturated heterocycles. The van der Waals surface area contributed by atoms with Crippen LogP contribution in [0.1, 0.15) is 21.7 Å². The molecule has 0 fully saturated rings. The molecule has 0 bridgehead atoms. The Morgan fingerprint density at radius 2 is 2.00 bits per heavy atom. The first-order valence-corrected chi connectivity index (χ1v) is 8.98. The third-order valence-corrected chi connectivity index (χ3v) is 4.76. The predicted molar refractivity (Wildman–Crippen MR) is 107 cm³/mol. The zero-order chi connectivity index (χ0) is 19.7. The summed E-state index contributed by atoms with van der Waals surface area (Å²) in [5.74, 6) is 0.915. The topological polar surface area (TPSA) is 60.5 Å². The van der Waals surface area contributed by atoms with Crippen molar-refractivity contribution in [3.8, 4) is 11.4 Å². The number of amides is 1. The highest BCUT2D eigenvalue weighted by Gasteiger charge is 2.22. The summed E-state index contributed by atoms with van der Waals surface area (Å²) < 4.78 is 12.9. The molecule has 4 rings (SSSR count). The molecule has 1 amide bonds. The molecule has 2 heterocycles. The van der Waals surface area contributed by atoms with E-state index in [0.717, 1.165) is 28.0 Å². The van der Waals surface area contributed by atoms with Crippen LogP contribution in [0.5, 0.6) is 5.75 Å². The Bertz CT molecular complexity index is 1130. The molecular formula is C22H21N3O3. The minimum Gasteiger partial charge on any atom is -0.497 e. The van der Waals surface area contributed by atoms with Gasteiger partial charge < -0.3 is 14.1 Å². The van der Waals surface area contributed by atoms with E-state index >= 15 is 0 Å². The van der Waals surface area contributed by atoms with Gasteiger partial charge in [-0.15, -0.1) is 0 Å². The number of methoxy groups -OCH3 is 1. The van der Waals surface area contributed by atoms with Gasteiger partial charge in [0.1, 0.15) is 11.3 Å². The molecule has 0 aliphatic heterocycles. The maximum atomic E-state index is 12.9. The Morgan fingerprint density at radius 1 is 1.21 bits per heavy atom. The van der Waals surface area contributed by atoms with Crippen LogP contribution in [-0.2, 0) is 6.54 Å². The molecular weight excluding hydrogens is 354 g/mol. The molecule has 2 aromatic heterocycles. The number of aryl methyl sites for hydroxylation is 1. The van der Waals surface area contributed by atoms with Gasteiger partial charge >= 0.3 is 0 Å². The summed E-state index contributed by atoms with van der Waals surface area (Å²) >= 11 is 0. The number of carbonyl (C=O) groups is 1. The van der Waals surface area contributed by atoms with Gasteiger partial charge in [0, 0.05) is 36.3 Å².